The summed E-state index contributed by atoms with van der Waals surface area (Å²) in [7, 11) is 0. The molecule has 0 amide bonds. The van der Waals surface area contributed by atoms with Crippen molar-refractivity contribution in [3.8, 4) is 0 Å². The van der Waals surface area contributed by atoms with Crippen LogP contribution in [0.2, 0.25) is 0 Å². The highest BCUT2D eigenvalue weighted by molar-refractivity contribution is 7.10. The van der Waals surface area contributed by atoms with Crippen LogP contribution in [-0.2, 0) is 24.8 Å². The van der Waals surface area contributed by atoms with Gasteiger partial charge in [-0.2, -0.15) is 0 Å². The fourth-order valence-electron chi connectivity index (χ4n) is 2.57. The van der Waals surface area contributed by atoms with Gasteiger partial charge in [-0.3, -0.25) is 0 Å². The van der Waals surface area contributed by atoms with Crippen molar-refractivity contribution in [2.45, 2.75) is 45.6 Å². The van der Waals surface area contributed by atoms with E-state index in [0.29, 0.717) is 6.54 Å². The Morgan fingerprint density at radius 3 is 2.57 bits per heavy atom. The summed E-state index contributed by atoms with van der Waals surface area (Å²) >= 11 is 3.47. The topological polar surface area (TPSA) is 62.5 Å². The highest BCUT2D eigenvalue weighted by Crippen LogP contribution is 2.25. The summed E-state index contributed by atoms with van der Waals surface area (Å²) in [5, 5.41) is 12.3. The van der Waals surface area contributed by atoms with Gasteiger partial charge in [0.2, 0.25) is 0 Å². The summed E-state index contributed by atoms with van der Waals surface area (Å²) in [6.07, 6.45) is 3.41. The van der Waals surface area contributed by atoms with Crippen LogP contribution in [0.3, 0.4) is 0 Å². The molecule has 0 saturated carbocycles. The Bertz CT molecular complexity index is 845. The largest absolute Gasteiger partial charge is 0.469 e. The lowest BCUT2D eigenvalue weighted by atomic mass is 9.98. The number of nitrogens with zero attached hydrogens (tertiary/aromatic N) is 2. The second-order valence-electron chi connectivity index (χ2n) is 7.57. The van der Waals surface area contributed by atoms with Crippen LogP contribution in [0.25, 0.3) is 0 Å². The molecule has 0 radical (unpaired) electrons. The highest BCUT2D eigenvalue weighted by atomic mass is 32.1. The predicted octanol–water partition coefficient (Wildman–Crippen LogP) is 4.62. The standard InChI is InChI=1S/C21H28N4OS2/c1-21(2,3)19-25-16(15-28-19)8-10-22-20(24-14-18-7-5-13-27-18)23-11-9-17-6-4-12-26-17/h4-7,12-13,15H,8-11,14H2,1-3H3,(H2,22,23,24). The van der Waals surface area contributed by atoms with E-state index in [4.69, 9.17) is 14.4 Å². The number of nitrogens with one attached hydrogen (secondary N) is 2. The summed E-state index contributed by atoms with van der Waals surface area (Å²) in [6, 6.07) is 8.08. The number of thiazole rings is 1. The van der Waals surface area contributed by atoms with E-state index >= 15 is 0 Å². The highest BCUT2D eigenvalue weighted by Gasteiger charge is 2.17. The fraction of sp³-hybridized carbons (Fsp3) is 0.429. The molecule has 3 aromatic rings. The number of aromatic nitrogens is 1. The first kappa shape index (κ1) is 20.6. The molecule has 0 bridgehead atoms. The molecule has 28 heavy (non-hydrogen) atoms. The van der Waals surface area contributed by atoms with Gasteiger partial charge in [0.25, 0.3) is 0 Å². The van der Waals surface area contributed by atoms with Gasteiger partial charge in [-0.05, 0) is 23.6 Å². The van der Waals surface area contributed by atoms with E-state index in [1.54, 1.807) is 28.9 Å². The van der Waals surface area contributed by atoms with Crippen LogP contribution in [0.1, 0.15) is 42.1 Å². The maximum Gasteiger partial charge on any atom is 0.191 e. The van der Waals surface area contributed by atoms with E-state index < -0.39 is 0 Å². The zero-order chi connectivity index (χ0) is 19.8. The van der Waals surface area contributed by atoms with Gasteiger partial charge < -0.3 is 15.1 Å². The van der Waals surface area contributed by atoms with Crippen LogP contribution in [0.4, 0.5) is 0 Å². The van der Waals surface area contributed by atoms with Crippen LogP contribution in [0, 0.1) is 0 Å². The van der Waals surface area contributed by atoms with Gasteiger partial charge in [0.1, 0.15) is 5.76 Å². The molecular formula is C21H28N4OS2. The van der Waals surface area contributed by atoms with Crippen molar-refractivity contribution in [1.29, 1.82) is 0 Å². The number of rotatable bonds is 8. The number of hydrogen-bond donors (Lipinski definition) is 2. The van der Waals surface area contributed by atoms with Crippen LogP contribution in [-0.4, -0.2) is 24.0 Å². The quantitative estimate of drug-likeness (QED) is 0.416. The maximum atomic E-state index is 5.40. The summed E-state index contributed by atoms with van der Waals surface area (Å²) in [5.74, 6) is 1.80. The summed E-state index contributed by atoms with van der Waals surface area (Å²) in [6.45, 7) is 8.85. The maximum absolute atomic E-state index is 5.40. The van der Waals surface area contributed by atoms with Crippen LogP contribution in [0.5, 0.6) is 0 Å². The SMILES string of the molecule is CC(C)(C)c1nc(CCNC(=NCc2cccs2)NCCc2ccco2)cs1. The Kier molecular flexibility index (Phi) is 7.28. The van der Waals surface area contributed by atoms with E-state index in [1.165, 1.54) is 9.88 Å². The number of hydrogen-bond acceptors (Lipinski definition) is 5. The number of aliphatic imine (C=N–C) groups is 1. The third kappa shape index (κ3) is 6.49. The molecule has 0 spiro atoms. The van der Waals surface area contributed by atoms with Crippen molar-refractivity contribution in [3.05, 3.63) is 62.6 Å². The predicted molar refractivity (Wildman–Crippen MR) is 118 cm³/mol. The second-order valence-corrected chi connectivity index (χ2v) is 9.46. The Balaban J connectivity index is 1.52. The molecule has 0 fully saturated rings. The number of furan rings is 1. The van der Waals surface area contributed by atoms with Crippen molar-refractivity contribution in [1.82, 2.24) is 15.6 Å². The molecule has 0 aromatic carbocycles. The minimum atomic E-state index is 0.108. The van der Waals surface area contributed by atoms with Crippen molar-refractivity contribution in [3.63, 3.8) is 0 Å². The molecule has 3 heterocycles. The van der Waals surface area contributed by atoms with Crippen molar-refractivity contribution >= 4 is 28.6 Å². The molecule has 3 rings (SSSR count). The van der Waals surface area contributed by atoms with E-state index in [9.17, 15) is 0 Å². The third-order valence-corrected chi connectivity index (χ3v) is 6.26. The van der Waals surface area contributed by atoms with Crippen molar-refractivity contribution in [2.75, 3.05) is 13.1 Å². The first-order chi connectivity index (χ1) is 13.5. The smallest absolute Gasteiger partial charge is 0.191 e. The molecule has 0 atom stereocenters. The minimum absolute atomic E-state index is 0.108. The lowest BCUT2D eigenvalue weighted by molar-refractivity contribution is 0.506. The summed E-state index contributed by atoms with van der Waals surface area (Å²) in [5.41, 5.74) is 1.24. The van der Waals surface area contributed by atoms with Crippen LogP contribution < -0.4 is 10.6 Å². The van der Waals surface area contributed by atoms with Gasteiger partial charge in [-0.1, -0.05) is 26.8 Å². The molecule has 2 N–H and O–H groups in total. The monoisotopic (exact) mass is 416 g/mol. The third-order valence-electron chi connectivity index (χ3n) is 4.08. The molecule has 0 aliphatic rings. The van der Waals surface area contributed by atoms with E-state index in [2.05, 4.69) is 54.3 Å². The average molecular weight is 417 g/mol. The minimum Gasteiger partial charge on any atom is -0.469 e. The zero-order valence-electron chi connectivity index (χ0n) is 16.7. The summed E-state index contributed by atoms with van der Waals surface area (Å²) in [4.78, 5) is 10.7. The Morgan fingerprint density at radius 2 is 1.93 bits per heavy atom. The molecule has 0 unspecified atom stereocenters. The van der Waals surface area contributed by atoms with Crippen LogP contribution >= 0.6 is 22.7 Å². The fourth-order valence-corrected chi connectivity index (χ4v) is 4.14. The molecule has 0 aliphatic heterocycles. The van der Waals surface area contributed by atoms with Gasteiger partial charge in [0.05, 0.1) is 23.5 Å². The molecule has 7 heteroatoms. The van der Waals surface area contributed by atoms with Crippen molar-refractivity contribution < 1.29 is 4.42 Å². The van der Waals surface area contributed by atoms with E-state index in [-0.39, 0.29) is 5.41 Å². The van der Waals surface area contributed by atoms with Gasteiger partial charge in [0, 0.05) is 41.6 Å². The van der Waals surface area contributed by atoms with E-state index in [0.717, 1.165) is 43.3 Å². The lowest BCUT2D eigenvalue weighted by Gasteiger charge is -2.14. The molecule has 150 valence electrons. The van der Waals surface area contributed by atoms with Gasteiger partial charge >= 0.3 is 0 Å². The van der Waals surface area contributed by atoms with Gasteiger partial charge in [0.15, 0.2) is 5.96 Å². The molecular weight excluding hydrogens is 388 g/mol. The first-order valence-electron chi connectivity index (χ1n) is 9.52. The molecule has 0 aliphatic carbocycles. The van der Waals surface area contributed by atoms with Crippen molar-refractivity contribution in [2.24, 2.45) is 4.99 Å². The number of thiophene rings is 1. The lowest BCUT2D eigenvalue weighted by Crippen LogP contribution is -2.39. The normalized spacial score (nSPS) is 12.3. The first-order valence-corrected chi connectivity index (χ1v) is 11.3. The Morgan fingerprint density at radius 1 is 1.11 bits per heavy atom. The van der Waals surface area contributed by atoms with Crippen LogP contribution in [0.15, 0.2) is 50.7 Å². The zero-order valence-corrected chi connectivity index (χ0v) is 18.3. The average Bonchev–Trinajstić information content (AvgIpc) is 3.40. The van der Waals surface area contributed by atoms with Gasteiger partial charge in [-0.15, -0.1) is 22.7 Å². The van der Waals surface area contributed by atoms with Gasteiger partial charge in [-0.25, -0.2) is 9.98 Å². The Hall–Kier alpha value is -2.12. The number of guanidine groups is 1. The Labute approximate surface area is 174 Å². The van der Waals surface area contributed by atoms with E-state index in [1.807, 2.05) is 12.1 Å². The second kappa shape index (κ2) is 9.89. The molecule has 5 nitrogen and oxygen atoms in total. The molecule has 0 saturated heterocycles. The molecule has 3 aromatic heterocycles. The summed E-state index contributed by atoms with van der Waals surface area (Å²) < 4.78 is 5.40.